The molecule has 4 unspecified atom stereocenters. The van der Waals surface area contributed by atoms with Gasteiger partial charge in [-0.3, -0.25) is 0 Å². The van der Waals surface area contributed by atoms with Crippen LogP contribution in [0.4, 0.5) is 4.79 Å². The Morgan fingerprint density at radius 2 is 2.39 bits per heavy atom. The van der Waals surface area contributed by atoms with Crippen molar-refractivity contribution in [3.63, 3.8) is 0 Å². The van der Waals surface area contributed by atoms with Crippen LogP contribution in [0.25, 0.3) is 0 Å². The zero-order chi connectivity index (χ0) is 16.2. The van der Waals surface area contributed by atoms with E-state index in [2.05, 4.69) is 11.6 Å². The number of nitrogens with one attached hydrogen (secondary N) is 1. The van der Waals surface area contributed by atoms with Crippen LogP contribution >= 0.6 is 11.8 Å². The van der Waals surface area contributed by atoms with Crippen molar-refractivity contribution in [2.75, 3.05) is 12.8 Å². The highest BCUT2D eigenvalue weighted by Crippen LogP contribution is 2.30. The number of thioether (sulfide) groups is 1. The molecular weight excluding hydrogens is 312 g/mol. The van der Waals surface area contributed by atoms with Gasteiger partial charge >= 0.3 is 6.03 Å². The Bertz CT molecular complexity index is 508. The standard InChI is InChI=1S/C17H26N2O3S/c1-23-14-7-6-12(10-14)18-17(21)19-8-2-4-13(19)11-15(20)16-5-3-9-22-16/h3,5,9,12-15,20H,2,4,6-8,10-11H2,1H3,(H,18,21). The van der Waals surface area contributed by atoms with E-state index >= 15 is 0 Å². The summed E-state index contributed by atoms with van der Waals surface area (Å²) in [5, 5.41) is 14.1. The summed E-state index contributed by atoms with van der Waals surface area (Å²) in [6, 6.07) is 3.99. The Labute approximate surface area is 141 Å². The first-order chi connectivity index (χ1) is 11.2. The van der Waals surface area contributed by atoms with E-state index in [0.717, 1.165) is 32.2 Å². The Morgan fingerprint density at radius 1 is 1.52 bits per heavy atom. The molecule has 2 amide bonds. The van der Waals surface area contributed by atoms with Gasteiger partial charge in [-0.25, -0.2) is 4.79 Å². The topological polar surface area (TPSA) is 65.7 Å². The lowest BCUT2D eigenvalue weighted by atomic mass is 10.1. The molecule has 3 rings (SSSR count). The second kappa shape index (κ2) is 7.62. The smallest absolute Gasteiger partial charge is 0.317 e. The van der Waals surface area contributed by atoms with Crippen molar-refractivity contribution in [2.24, 2.45) is 0 Å². The first kappa shape index (κ1) is 16.7. The molecule has 2 N–H and O–H groups in total. The molecule has 23 heavy (non-hydrogen) atoms. The summed E-state index contributed by atoms with van der Waals surface area (Å²) in [5.41, 5.74) is 0. The minimum absolute atomic E-state index is 0.0332. The highest BCUT2D eigenvalue weighted by Gasteiger charge is 2.33. The molecule has 0 bridgehead atoms. The third-order valence-electron chi connectivity index (χ3n) is 5.05. The average Bonchev–Trinajstić information content (AvgIpc) is 3.28. The summed E-state index contributed by atoms with van der Waals surface area (Å²) in [5.74, 6) is 0.580. The van der Waals surface area contributed by atoms with Crippen molar-refractivity contribution in [3.05, 3.63) is 24.2 Å². The minimum Gasteiger partial charge on any atom is -0.467 e. The number of carbonyl (C=O) groups is 1. The fourth-order valence-electron chi connectivity index (χ4n) is 3.75. The fraction of sp³-hybridized carbons (Fsp3) is 0.706. The first-order valence-corrected chi connectivity index (χ1v) is 9.77. The Hall–Kier alpha value is -1.14. The molecule has 2 fully saturated rings. The lowest BCUT2D eigenvalue weighted by Gasteiger charge is -2.28. The van der Waals surface area contributed by atoms with Gasteiger partial charge in [-0.15, -0.1) is 0 Å². The highest BCUT2D eigenvalue weighted by atomic mass is 32.2. The molecule has 1 aromatic rings. The van der Waals surface area contributed by atoms with E-state index in [0.29, 0.717) is 23.5 Å². The molecule has 5 nitrogen and oxygen atoms in total. The van der Waals surface area contributed by atoms with Gasteiger partial charge in [-0.05, 0) is 50.5 Å². The van der Waals surface area contributed by atoms with Gasteiger partial charge in [0.2, 0.25) is 0 Å². The van der Waals surface area contributed by atoms with Crippen molar-refractivity contribution >= 4 is 17.8 Å². The molecule has 0 radical (unpaired) electrons. The van der Waals surface area contributed by atoms with Crippen LogP contribution in [0.1, 0.15) is 50.4 Å². The molecule has 4 atom stereocenters. The molecule has 1 aliphatic carbocycles. The number of aliphatic hydroxyl groups excluding tert-OH is 1. The van der Waals surface area contributed by atoms with Gasteiger partial charge in [0.1, 0.15) is 11.9 Å². The fourth-order valence-corrected chi connectivity index (χ4v) is 4.54. The van der Waals surface area contributed by atoms with Crippen LogP contribution in [0.15, 0.2) is 22.8 Å². The van der Waals surface area contributed by atoms with E-state index in [-0.39, 0.29) is 12.1 Å². The first-order valence-electron chi connectivity index (χ1n) is 8.48. The van der Waals surface area contributed by atoms with Gasteiger partial charge in [-0.2, -0.15) is 11.8 Å². The number of carbonyl (C=O) groups excluding carboxylic acids is 1. The van der Waals surface area contributed by atoms with E-state index in [1.54, 1.807) is 18.4 Å². The molecule has 1 aromatic heterocycles. The summed E-state index contributed by atoms with van der Waals surface area (Å²) >= 11 is 1.89. The molecule has 2 aliphatic rings. The second-order valence-corrected chi connectivity index (χ2v) is 7.71. The number of amides is 2. The average molecular weight is 338 g/mol. The number of aliphatic hydroxyl groups is 1. The second-order valence-electron chi connectivity index (χ2n) is 6.57. The molecule has 0 aromatic carbocycles. The van der Waals surface area contributed by atoms with Crippen LogP contribution in [-0.4, -0.2) is 46.2 Å². The van der Waals surface area contributed by atoms with Crippen molar-refractivity contribution in [1.82, 2.24) is 10.2 Å². The number of urea groups is 1. The largest absolute Gasteiger partial charge is 0.467 e. The molecule has 6 heteroatoms. The minimum atomic E-state index is -0.643. The van der Waals surface area contributed by atoms with Crippen LogP contribution in [-0.2, 0) is 0 Å². The maximum atomic E-state index is 12.6. The van der Waals surface area contributed by atoms with Gasteiger partial charge in [0.25, 0.3) is 0 Å². The van der Waals surface area contributed by atoms with Crippen LogP contribution in [0.5, 0.6) is 0 Å². The Balaban J connectivity index is 1.53. The zero-order valence-corrected chi connectivity index (χ0v) is 14.4. The van der Waals surface area contributed by atoms with Gasteiger partial charge in [0.15, 0.2) is 0 Å². The molecule has 1 aliphatic heterocycles. The molecule has 1 saturated heterocycles. The van der Waals surface area contributed by atoms with E-state index in [1.165, 1.54) is 6.42 Å². The molecule has 1 saturated carbocycles. The maximum Gasteiger partial charge on any atom is 0.317 e. The predicted molar refractivity (Wildman–Crippen MR) is 91.5 cm³/mol. The SMILES string of the molecule is CSC1CCC(NC(=O)N2CCCC2CC(O)c2ccco2)C1. The number of rotatable bonds is 5. The predicted octanol–water partition coefficient (Wildman–Crippen LogP) is 3.16. The third-order valence-corrected chi connectivity index (χ3v) is 6.15. The summed E-state index contributed by atoms with van der Waals surface area (Å²) < 4.78 is 5.26. The van der Waals surface area contributed by atoms with E-state index in [9.17, 15) is 9.90 Å². The summed E-state index contributed by atoms with van der Waals surface area (Å²) in [6.45, 7) is 0.778. The van der Waals surface area contributed by atoms with Crippen LogP contribution in [0.3, 0.4) is 0 Å². The molecular formula is C17H26N2O3S. The quantitative estimate of drug-likeness (QED) is 0.865. The number of nitrogens with zero attached hydrogens (tertiary/aromatic N) is 1. The summed E-state index contributed by atoms with van der Waals surface area (Å²) in [6.07, 6.45) is 8.89. The van der Waals surface area contributed by atoms with Crippen LogP contribution in [0, 0.1) is 0 Å². The Kier molecular flexibility index (Phi) is 5.54. The van der Waals surface area contributed by atoms with Crippen molar-refractivity contribution in [1.29, 1.82) is 0 Å². The monoisotopic (exact) mass is 338 g/mol. The number of hydrogen-bond acceptors (Lipinski definition) is 4. The van der Waals surface area contributed by atoms with Crippen LogP contribution < -0.4 is 5.32 Å². The molecule has 0 spiro atoms. The summed E-state index contributed by atoms with van der Waals surface area (Å²) in [7, 11) is 0. The van der Waals surface area contributed by atoms with Gasteiger partial charge < -0.3 is 19.7 Å². The van der Waals surface area contributed by atoms with Gasteiger partial charge in [0.05, 0.1) is 6.26 Å². The lowest BCUT2D eigenvalue weighted by molar-refractivity contribution is 0.107. The number of likely N-dealkylation sites (tertiary alicyclic amines) is 1. The maximum absolute atomic E-state index is 12.6. The third kappa shape index (κ3) is 4.04. The number of furan rings is 1. The molecule has 2 heterocycles. The number of hydrogen-bond donors (Lipinski definition) is 2. The van der Waals surface area contributed by atoms with Gasteiger partial charge in [0, 0.05) is 30.3 Å². The van der Waals surface area contributed by atoms with Crippen molar-refractivity contribution < 1.29 is 14.3 Å². The van der Waals surface area contributed by atoms with Crippen molar-refractivity contribution in [2.45, 2.75) is 62.0 Å². The van der Waals surface area contributed by atoms with E-state index < -0.39 is 6.10 Å². The highest BCUT2D eigenvalue weighted by molar-refractivity contribution is 7.99. The lowest BCUT2D eigenvalue weighted by Crippen LogP contribution is -2.46. The zero-order valence-electron chi connectivity index (χ0n) is 13.6. The van der Waals surface area contributed by atoms with E-state index in [4.69, 9.17) is 4.42 Å². The molecule has 128 valence electrons. The van der Waals surface area contributed by atoms with Crippen LogP contribution in [0.2, 0.25) is 0 Å². The summed E-state index contributed by atoms with van der Waals surface area (Å²) in [4.78, 5) is 14.5. The van der Waals surface area contributed by atoms with Crippen molar-refractivity contribution in [3.8, 4) is 0 Å². The Morgan fingerprint density at radius 3 is 3.09 bits per heavy atom. The van der Waals surface area contributed by atoms with Gasteiger partial charge in [-0.1, -0.05) is 0 Å². The van der Waals surface area contributed by atoms with E-state index in [1.807, 2.05) is 16.7 Å². The normalized spacial score (nSPS) is 29.0.